The van der Waals surface area contributed by atoms with Crippen LogP contribution < -0.4 is 5.32 Å². The van der Waals surface area contributed by atoms with E-state index < -0.39 is 16.1 Å². The molecule has 2 rings (SSSR count). The van der Waals surface area contributed by atoms with Crippen LogP contribution in [0.2, 0.25) is 0 Å². The molecule has 1 N–H and O–H groups in total. The third-order valence-electron chi connectivity index (χ3n) is 2.58. The van der Waals surface area contributed by atoms with Gasteiger partial charge in [0.15, 0.2) is 0 Å². The van der Waals surface area contributed by atoms with Gasteiger partial charge in [-0.05, 0) is 12.1 Å². The van der Waals surface area contributed by atoms with Crippen molar-refractivity contribution in [2.75, 3.05) is 19.6 Å². The lowest BCUT2D eigenvalue weighted by atomic mass is 10.3. The number of hydrogen-bond donors (Lipinski definition) is 1. The predicted octanol–water partition coefficient (Wildman–Crippen LogP) is -0.432. The zero-order chi connectivity index (χ0) is 12.3. The summed E-state index contributed by atoms with van der Waals surface area (Å²) in [6.07, 6.45) is 2.81. The van der Waals surface area contributed by atoms with Crippen molar-refractivity contribution in [2.45, 2.75) is 10.9 Å². The van der Waals surface area contributed by atoms with Gasteiger partial charge in [0.2, 0.25) is 10.0 Å². The van der Waals surface area contributed by atoms with Gasteiger partial charge in [-0.25, -0.2) is 8.42 Å². The van der Waals surface area contributed by atoms with Crippen LogP contribution in [-0.4, -0.2) is 43.4 Å². The number of sulfonamides is 1. The smallest absolute Gasteiger partial charge is 0.245 e. The van der Waals surface area contributed by atoms with Crippen molar-refractivity contribution in [3.63, 3.8) is 0 Å². The molecule has 0 radical (unpaired) electrons. The van der Waals surface area contributed by atoms with Crippen molar-refractivity contribution in [3.8, 4) is 6.07 Å². The maximum Gasteiger partial charge on any atom is 0.245 e. The Balaban J connectivity index is 2.35. The van der Waals surface area contributed by atoms with Gasteiger partial charge in [-0.3, -0.25) is 4.98 Å². The Morgan fingerprint density at radius 2 is 2.41 bits per heavy atom. The van der Waals surface area contributed by atoms with E-state index in [4.69, 9.17) is 5.26 Å². The highest BCUT2D eigenvalue weighted by Crippen LogP contribution is 2.17. The monoisotopic (exact) mass is 252 g/mol. The largest absolute Gasteiger partial charge is 0.313 e. The van der Waals surface area contributed by atoms with Crippen molar-refractivity contribution in [1.29, 1.82) is 5.26 Å². The quantitative estimate of drug-likeness (QED) is 0.771. The Morgan fingerprint density at radius 3 is 3.06 bits per heavy atom. The molecule has 90 valence electrons. The SMILES string of the molecule is N#CC1CNCCN1S(=O)(=O)c1cccnc1. The second-order valence-electron chi connectivity index (χ2n) is 3.65. The van der Waals surface area contributed by atoms with Crippen LogP contribution in [0.5, 0.6) is 0 Å². The summed E-state index contributed by atoms with van der Waals surface area (Å²) < 4.78 is 25.7. The fourth-order valence-corrected chi connectivity index (χ4v) is 3.22. The fourth-order valence-electron chi connectivity index (χ4n) is 1.72. The molecule has 1 fully saturated rings. The minimum Gasteiger partial charge on any atom is -0.313 e. The number of piperazine rings is 1. The molecule has 2 heterocycles. The van der Waals surface area contributed by atoms with Gasteiger partial charge < -0.3 is 5.32 Å². The first-order valence-corrected chi connectivity index (χ1v) is 6.62. The molecule has 1 unspecified atom stereocenters. The lowest BCUT2D eigenvalue weighted by molar-refractivity contribution is 0.311. The number of aromatic nitrogens is 1. The topological polar surface area (TPSA) is 86.1 Å². The van der Waals surface area contributed by atoms with Crippen LogP contribution in [0.4, 0.5) is 0 Å². The summed E-state index contributed by atoms with van der Waals surface area (Å²) in [5, 5.41) is 12.0. The normalized spacial score (nSPS) is 21.9. The van der Waals surface area contributed by atoms with Crippen molar-refractivity contribution < 1.29 is 8.42 Å². The van der Waals surface area contributed by atoms with E-state index in [-0.39, 0.29) is 4.90 Å². The minimum atomic E-state index is -3.61. The molecule has 1 aromatic heterocycles. The molecule has 0 bridgehead atoms. The summed E-state index contributed by atoms with van der Waals surface area (Å²) in [4.78, 5) is 3.92. The lowest BCUT2D eigenvalue weighted by Gasteiger charge is -2.30. The Kier molecular flexibility index (Phi) is 3.38. The molecule has 0 amide bonds. The number of pyridine rings is 1. The molecule has 0 saturated carbocycles. The standard InChI is InChI=1S/C10H12N4O2S/c11-6-9-7-13-4-5-14(9)17(15,16)10-2-1-3-12-8-10/h1-3,8-9,13H,4-5,7H2. The summed E-state index contributed by atoms with van der Waals surface area (Å²) in [6.45, 7) is 1.21. The van der Waals surface area contributed by atoms with Gasteiger partial charge in [-0.2, -0.15) is 9.57 Å². The molecule has 1 aromatic rings. The third kappa shape index (κ3) is 2.29. The Labute approximate surface area is 99.9 Å². The first-order chi connectivity index (χ1) is 8.16. The summed E-state index contributed by atoms with van der Waals surface area (Å²) in [6, 6.07) is 4.39. The minimum absolute atomic E-state index is 0.127. The van der Waals surface area contributed by atoms with Crippen LogP contribution in [0.3, 0.4) is 0 Å². The Hall–Kier alpha value is -1.49. The summed E-state index contributed by atoms with van der Waals surface area (Å²) in [5.41, 5.74) is 0. The van der Waals surface area contributed by atoms with Crippen LogP contribution in [0.1, 0.15) is 0 Å². The first kappa shape index (κ1) is 12.0. The Bertz CT molecular complexity index is 523. The average molecular weight is 252 g/mol. The third-order valence-corrected chi connectivity index (χ3v) is 4.48. The molecule has 6 nitrogen and oxygen atoms in total. The maximum absolute atomic E-state index is 12.3. The van der Waals surface area contributed by atoms with E-state index in [1.54, 1.807) is 6.07 Å². The first-order valence-electron chi connectivity index (χ1n) is 5.18. The van der Waals surface area contributed by atoms with Gasteiger partial charge in [-0.15, -0.1) is 0 Å². The number of rotatable bonds is 2. The van der Waals surface area contributed by atoms with E-state index in [0.717, 1.165) is 0 Å². The van der Waals surface area contributed by atoms with Crippen molar-refractivity contribution in [1.82, 2.24) is 14.6 Å². The molecule has 17 heavy (non-hydrogen) atoms. The van der Waals surface area contributed by atoms with Gasteiger partial charge in [0.05, 0.1) is 6.07 Å². The van der Waals surface area contributed by atoms with E-state index in [9.17, 15) is 8.42 Å². The van der Waals surface area contributed by atoms with E-state index in [1.807, 2.05) is 6.07 Å². The highest BCUT2D eigenvalue weighted by atomic mass is 32.2. The highest BCUT2D eigenvalue weighted by molar-refractivity contribution is 7.89. The van der Waals surface area contributed by atoms with Gasteiger partial charge in [0.1, 0.15) is 10.9 Å². The molecular formula is C10H12N4O2S. The maximum atomic E-state index is 12.3. The van der Waals surface area contributed by atoms with Crippen molar-refractivity contribution in [2.24, 2.45) is 0 Å². The van der Waals surface area contributed by atoms with Crippen LogP contribution in [0, 0.1) is 11.3 Å². The van der Waals surface area contributed by atoms with E-state index >= 15 is 0 Å². The van der Waals surface area contributed by atoms with Crippen molar-refractivity contribution >= 4 is 10.0 Å². The summed E-state index contributed by atoms with van der Waals surface area (Å²) in [7, 11) is -3.61. The molecule has 0 aliphatic carbocycles. The molecule has 7 heteroatoms. The molecule has 0 aromatic carbocycles. The van der Waals surface area contributed by atoms with E-state index in [2.05, 4.69) is 10.3 Å². The zero-order valence-corrected chi connectivity index (χ0v) is 9.89. The second-order valence-corrected chi connectivity index (χ2v) is 5.54. The van der Waals surface area contributed by atoms with Gasteiger partial charge >= 0.3 is 0 Å². The molecule has 0 spiro atoms. The predicted molar refractivity (Wildman–Crippen MR) is 60.4 cm³/mol. The zero-order valence-electron chi connectivity index (χ0n) is 9.07. The summed E-state index contributed by atoms with van der Waals surface area (Å²) in [5.74, 6) is 0. The lowest BCUT2D eigenvalue weighted by Crippen LogP contribution is -2.52. The van der Waals surface area contributed by atoms with E-state index in [1.165, 1.54) is 22.8 Å². The van der Waals surface area contributed by atoms with Crippen molar-refractivity contribution in [3.05, 3.63) is 24.5 Å². The second kappa shape index (κ2) is 4.79. The average Bonchev–Trinajstić information content (AvgIpc) is 2.39. The molecular weight excluding hydrogens is 240 g/mol. The molecule has 1 atom stereocenters. The molecule has 1 aliphatic heterocycles. The van der Waals surface area contributed by atoms with Gasteiger partial charge in [-0.1, -0.05) is 0 Å². The molecule has 1 saturated heterocycles. The van der Waals surface area contributed by atoms with Crippen LogP contribution in [0.25, 0.3) is 0 Å². The summed E-state index contributed by atoms with van der Waals surface area (Å²) >= 11 is 0. The van der Waals surface area contributed by atoms with Gasteiger partial charge in [0.25, 0.3) is 0 Å². The van der Waals surface area contributed by atoms with Gasteiger partial charge in [0, 0.05) is 32.0 Å². The van der Waals surface area contributed by atoms with Crippen LogP contribution in [0.15, 0.2) is 29.4 Å². The number of nitriles is 1. The number of nitrogens with one attached hydrogen (secondary N) is 1. The fraction of sp³-hybridized carbons (Fsp3) is 0.400. The Morgan fingerprint density at radius 1 is 1.59 bits per heavy atom. The highest BCUT2D eigenvalue weighted by Gasteiger charge is 2.33. The van der Waals surface area contributed by atoms with Crippen LogP contribution >= 0.6 is 0 Å². The van der Waals surface area contributed by atoms with Crippen LogP contribution in [-0.2, 0) is 10.0 Å². The number of nitrogens with zero attached hydrogens (tertiary/aromatic N) is 3. The van der Waals surface area contributed by atoms with E-state index in [0.29, 0.717) is 19.6 Å². The molecule has 1 aliphatic rings. The number of hydrogen-bond acceptors (Lipinski definition) is 5.